The van der Waals surface area contributed by atoms with E-state index in [1.54, 1.807) is 0 Å². The maximum atomic E-state index is 3.71. The van der Waals surface area contributed by atoms with Crippen molar-refractivity contribution in [1.29, 1.82) is 0 Å². The van der Waals surface area contributed by atoms with Gasteiger partial charge in [-0.2, -0.15) is 0 Å². The quantitative estimate of drug-likeness (QED) is 0.633. The topological polar surface area (TPSA) is 12.0 Å². The Kier molecular flexibility index (Phi) is 2.50. The highest BCUT2D eigenvalue weighted by Crippen LogP contribution is 2.34. The van der Waals surface area contributed by atoms with Crippen LogP contribution in [0.1, 0.15) is 39.0 Å². The number of nitrogens with one attached hydrogen (secondary N) is 1. The smallest absolute Gasteiger partial charge is 0.0252 e. The van der Waals surface area contributed by atoms with Crippen molar-refractivity contribution in [2.24, 2.45) is 5.92 Å². The predicted octanol–water partition coefficient (Wildman–Crippen LogP) is 2.48. The largest absolute Gasteiger partial charge is 0.307 e. The van der Waals surface area contributed by atoms with Crippen LogP contribution in [0.25, 0.3) is 0 Å². The van der Waals surface area contributed by atoms with Crippen LogP contribution < -0.4 is 5.32 Å². The van der Waals surface area contributed by atoms with Crippen molar-refractivity contribution in [2.45, 2.75) is 51.1 Å². The van der Waals surface area contributed by atoms with Gasteiger partial charge in [0.25, 0.3) is 0 Å². The van der Waals surface area contributed by atoms with Gasteiger partial charge in [0.15, 0.2) is 0 Å². The molecule has 1 heteroatoms. The summed E-state index contributed by atoms with van der Waals surface area (Å²) in [7, 11) is 0. The van der Waals surface area contributed by atoms with Crippen molar-refractivity contribution in [3.8, 4) is 0 Å². The van der Waals surface area contributed by atoms with Crippen LogP contribution in [0.5, 0.6) is 0 Å². The van der Waals surface area contributed by atoms with Gasteiger partial charge in [0.1, 0.15) is 0 Å². The summed E-state index contributed by atoms with van der Waals surface area (Å²) in [6, 6.07) is 1.54. The van der Waals surface area contributed by atoms with Crippen molar-refractivity contribution < 1.29 is 0 Å². The molecule has 0 saturated heterocycles. The maximum absolute atomic E-state index is 3.71. The zero-order valence-electron chi connectivity index (χ0n) is 7.92. The molecule has 2 aliphatic carbocycles. The summed E-state index contributed by atoms with van der Waals surface area (Å²) in [5, 5.41) is 3.71. The highest BCUT2D eigenvalue weighted by Gasteiger charge is 2.35. The molecule has 0 aromatic heterocycles. The SMILES string of the molecule is CCC1CC1NC1C=CCCC1. The molecule has 1 N–H and O–H groups in total. The Morgan fingerprint density at radius 1 is 1.50 bits per heavy atom. The van der Waals surface area contributed by atoms with Crippen LogP contribution in [-0.4, -0.2) is 12.1 Å². The van der Waals surface area contributed by atoms with Crippen molar-refractivity contribution in [3.63, 3.8) is 0 Å². The molecule has 3 atom stereocenters. The molecule has 0 aromatic rings. The molecule has 3 unspecified atom stereocenters. The van der Waals surface area contributed by atoms with Gasteiger partial charge >= 0.3 is 0 Å². The lowest BCUT2D eigenvalue weighted by molar-refractivity contribution is 0.501. The fraction of sp³-hybridized carbons (Fsp3) is 0.818. The van der Waals surface area contributed by atoms with E-state index in [-0.39, 0.29) is 0 Å². The van der Waals surface area contributed by atoms with Crippen LogP contribution in [0.3, 0.4) is 0 Å². The fourth-order valence-electron chi connectivity index (χ4n) is 2.13. The van der Waals surface area contributed by atoms with Gasteiger partial charge in [-0.1, -0.05) is 25.5 Å². The molecule has 2 aliphatic rings. The van der Waals surface area contributed by atoms with Crippen molar-refractivity contribution in [3.05, 3.63) is 12.2 Å². The van der Waals surface area contributed by atoms with Crippen LogP contribution in [0, 0.1) is 5.92 Å². The number of hydrogen-bond donors (Lipinski definition) is 1. The third-order valence-corrected chi connectivity index (χ3v) is 3.13. The molecule has 68 valence electrons. The molecule has 0 aromatic carbocycles. The van der Waals surface area contributed by atoms with Crippen LogP contribution >= 0.6 is 0 Å². The normalized spacial score (nSPS) is 39.9. The average molecular weight is 165 g/mol. The lowest BCUT2D eigenvalue weighted by Gasteiger charge is -2.17. The second kappa shape index (κ2) is 3.61. The summed E-state index contributed by atoms with van der Waals surface area (Å²) in [4.78, 5) is 0. The van der Waals surface area contributed by atoms with E-state index in [0.717, 1.165) is 12.0 Å². The Balaban J connectivity index is 1.73. The lowest BCUT2D eigenvalue weighted by atomic mass is 10.0. The van der Waals surface area contributed by atoms with Gasteiger partial charge in [0, 0.05) is 12.1 Å². The summed E-state index contributed by atoms with van der Waals surface area (Å²) in [6.45, 7) is 2.29. The summed E-state index contributed by atoms with van der Waals surface area (Å²) < 4.78 is 0. The van der Waals surface area contributed by atoms with Crippen LogP contribution in [0.15, 0.2) is 12.2 Å². The molecular weight excluding hydrogens is 146 g/mol. The molecule has 2 rings (SSSR count). The summed E-state index contributed by atoms with van der Waals surface area (Å²) in [5.41, 5.74) is 0. The third-order valence-electron chi connectivity index (χ3n) is 3.13. The Labute approximate surface area is 75.2 Å². The number of rotatable bonds is 3. The molecule has 0 bridgehead atoms. The van der Waals surface area contributed by atoms with Gasteiger partial charge in [-0.15, -0.1) is 0 Å². The van der Waals surface area contributed by atoms with Gasteiger partial charge in [-0.25, -0.2) is 0 Å². The molecule has 0 spiro atoms. The van der Waals surface area contributed by atoms with Gasteiger partial charge in [0.05, 0.1) is 0 Å². The van der Waals surface area contributed by atoms with E-state index in [2.05, 4.69) is 24.4 Å². The van der Waals surface area contributed by atoms with Crippen molar-refractivity contribution >= 4 is 0 Å². The first-order valence-corrected chi connectivity index (χ1v) is 5.33. The summed E-state index contributed by atoms with van der Waals surface area (Å²) >= 11 is 0. The Morgan fingerprint density at radius 3 is 3.00 bits per heavy atom. The van der Waals surface area contributed by atoms with Crippen LogP contribution in [0.2, 0.25) is 0 Å². The summed E-state index contributed by atoms with van der Waals surface area (Å²) in [6.07, 6.45) is 11.5. The highest BCUT2D eigenvalue weighted by molar-refractivity contribution is 5.02. The Hall–Kier alpha value is -0.300. The molecule has 0 amide bonds. The molecule has 0 heterocycles. The minimum absolute atomic E-state index is 0.695. The molecular formula is C11H19N. The average Bonchev–Trinajstić information content (AvgIpc) is 2.85. The third kappa shape index (κ3) is 1.89. The molecule has 0 aliphatic heterocycles. The first-order valence-electron chi connectivity index (χ1n) is 5.33. The van der Waals surface area contributed by atoms with E-state index in [1.165, 1.54) is 32.1 Å². The van der Waals surface area contributed by atoms with E-state index >= 15 is 0 Å². The van der Waals surface area contributed by atoms with E-state index in [9.17, 15) is 0 Å². The van der Waals surface area contributed by atoms with Gasteiger partial charge in [-0.05, 0) is 31.6 Å². The number of hydrogen-bond acceptors (Lipinski definition) is 1. The molecule has 1 nitrogen and oxygen atoms in total. The minimum Gasteiger partial charge on any atom is -0.307 e. The zero-order valence-corrected chi connectivity index (χ0v) is 7.92. The highest BCUT2D eigenvalue weighted by atomic mass is 15.0. The second-order valence-corrected chi connectivity index (χ2v) is 4.14. The first kappa shape index (κ1) is 8.31. The molecule has 1 saturated carbocycles. The van der Waals surface area contributed by atoms with Gasteiger partial charge < -0.3 is 5.32 Å². The van der Waals surface area contributed by atoms with Gasteiger partial charge in [0.2, 0.25) is 0 Å². The Morgan fingerprint density at radius 2 is 2.42 bits per heavy atom. The van der Waals surface area contributed by atoms with Crippen molar-refractivity contribution in [1.82, 2.24) is 5.32 Å². The van der Waals surface area contributed by atoms with E-state index in [0.29, 0.717) is 6.04 Å². The van der Waals surface area contributed by atoms with Crippen LogP contribution in [0.4, 0.5) is 0 Å². The second-order valence-electron chi connectivity index (χ2n) is 4.14. The lowest BCUT2D eigenvalue weighted by Crippen LogP contribution is -2.31. The van der Waals surface area contributed by atoms with E-state index in [4.69, 9.17) is 0 Å². The van der Waals surface area contributed by atoms with Gasteiger partial charge in [-0.3, -0.25) is 0 Å². The monoisotopic (exact) mass is 165 g/mol. The molecule has 0 radical (unpaired) electrons. The fourth-order valence-corrected chi connectivity index (χ4v) is 2.13. The van der Waals surface area contributed by atoms with Crippen LogP contribution in [-0.2, 0) is 0 Å². The zero-order chi connectivity index (χ0) is 8.39. The molecule has 1 fully saturated rings. The van der Waals surface area contributed by atoms with E-state index in [1.807, 2.05) is 0 Å². The standard InChI is InChI=1S/C11H19N/c1-2-9-8-11(9)12-10-6-4-3-5-7-10/h4,6,9-12H,2-3,5,7-8H2,1H3. The van der Waals surface area contributed by atoms with E-state index < -0.39 is 0 Å². The maximum Gasteiger partial charge on any atom is 0.0252 e. The predicted molar refractivity (Wildman–Crippen MR) is 52.1 cm³/mol. The molecule has 12 heavy (non-hydrogen) atoms. The number of allylic oxidation sites excluding steroid dienone is 1. The first-order chi connectivity index (χ1) is 5.90. The Bertz CT molecular complexity index is 174. The minimum atomic E-state index is 0.695. The summed E-state index contributed by atoms with van der Waals surface area (Å²) in [5.74, 6) is 0.986. The van der Waals surface area contributed by atoms with Crippen molar-refractivity contribution in [2.75, 3.05) is 0 Å².